The molecule has 3 rings (SSSR count). The Morgan fingerprint density at radius 3 is 2.79 bits per heavy atom. The van der Waals surface area contributed by atoms with E-state index in [4.69, 9.17) is 4.74 Å². The molecule has 1 atom stereocenters. The molecule has 0 saturated heterocycles. The summed E-state index contributed by atoms with van der Waals surface area (Å²) in [7, 11) is 0. The van der Waals surface area contributed by atoms with Gasteiger partial charge in [0.05, 0.1) is 11.8 Å². The average molecular weight is 325 g/mol. The zero-order chi connectivity index (χ0) is 16.8. The second-order valence-corrected chi connectivity index (χ2v) is 5.44. The summed E-state index contributed by atoms with van der Waals surface area (Å²) in [6, 6.07) is 17.5. The van der Waals surface area contributed by atoms with E-state index in [9.17, 15) is 5.11 Å². The van der Waals surface area contributed by atoms with Crippen molar-refractivity contribution < 1.29 is 9.84 Å². The molecule has 0 radical (unpaired) electrons. The van der Waals surface area contributed by atoms with Gasteiger partial charge in [0.25, 0.3) is 0 Å². The summed E-state index contributed by atoms with van der Waals surface area (Å²) < 4.78 is 7.36. The summed E-state index contributed by atoms with van der Waals surface area (Å²) in [5.74, 6) is 0.651. The van der Waals surface area contributed by atoms with Crippen molar-refractivity contribution in [2.45, 2.75) is 19.6 Å². The van der Waals surface area contributed by atoms with Crippen LogP contribution in [0.15, 0.2) is 54.6 Å². The van der Waals surface area contributed by atoms with Gasteiger partial charge in [-0.15, -0.1) is 0 Å². The Kier molecular flexibility index (Phi) is 5.15. The van der Waals surface area contributed by atoms with E-state index in [1.165, 1.54) is 0 Å². The minimum Gasteiger partial charge on any atom is -0.423 e. The van der Waals surface area contributed by atoms with Crippen molar-refractivity contribution in [1.29, 1.82) is 0 Å². The van der Waals surface area contributed by atoms with Crippen LogP contribution in [0.3, 0.4) is 0 Å². The maximum atomic E-state index is 9.28. The van der Waals surface area contributed by atoms with Crippen LogP contribution in [0.2, 0.25) is 0 Å². The van der Waals surface area contributed by atoms with Crippen molar-refractivity contribution in [1.82, 2.24) is 25.5 Å². The first-order chi connectivity index (χ1) is 11.7. The Labute approximate surface area is 139 Å². The Morgan fingerprint density at radius 2 is 2.00 bits per heavy atom. The number of aromatic nitrogens is 4. The van der Waals surface area contributed by atoms with Crippen LogP contribution < -0.4 is 10.1 Å². The van der Waals surface area contributed by atoms with Gasteiger partial charge in [0, 0.05) is 13.1 Å². The fourth-order valence-corrected chi connectivity index (χ4v) is 2.22. The molecule has 0 aliphatic heterocycles. The maximum absolute atomic E-state index is 9.28. The Bertz CT molecular complexity index is 773. The molecule has 0 aliphatic carbocycles. The van der Waals surface area contributed by atoms with Gasteiger partial charge in [-0.25, -0.2) is 0 Å². The van der Waals surface area contributed by atoms with Gasteiger partial charge in [-0.05, 0) is 47.2 Å². The molecule has 0 unspecified atom stereocenters. The first-order valence-corrected chi connectivity index (χ1v) is 7.72. The monoisotopic (exact) mass is 325 g/mol. The molecule has 2 N–H and O–H groups in total. The Morgan fingerprint density at radius 1 is 1.17 bits per heavy atom. The lowest BCUT2D eigenvalue weighted by Gasteiger charge is -2.09. The Hall–Kier alpha value is -2.77. The molecule has 3 aromatic rings. The van der Waals surface area contributed by atoms with Crippen LogP contribution in [-0.4, -0.2) is 38.0 Å². The number of tetrazole rings is 1. The third-order valence-corrected chi connectivity index (χ3v) is 3.32. The van der Waals surface area contributed by atoms with Crippen molar-refractivity contribution in [2.24, 2.45) is 0 Å². The lowest BCUT2D eigenvalue weighted by molar-refractivity contribution is 0.191. The number of aliphatic hydroxyl groups excluding tert-OH is 1. The lowest BCUT2D eigenvalue weighted by Crippen LogP contribution is -2.23. The minimum atomic E-state index is -0.375. The lowest BCUT2D eigenvalue weighted by atomic mass is 10.2. The molecule has 24 heavy (non-hydrogen) atoms. The van der Waals surface area contributed by atoms with E-state index in [0.29, 0.717) is 24.8 Å². The summed E-state index contributed by atoms with van der Waals surface area (Å²) in [6.07, 6.45) is -0.375. The number of hydrogen-bond acceptors (Lipinski definition) is 6. The summed E-state index contributed by atoms with van der Waals surface area (Å²) in [6.45, 7) is 2.93. The van der Waals surface area contributed by atoms with E-state index in [2.05, 4.69) is 20.8 Å². The highest BCUT2D eigenvalue weighted by Crippen LogP contribution is 2.22. The van der Waals surface area contributed by atoms with Crippen molar-refractivity contribution in [3.05, 3.63) is 60.2 Å². The number of para-hydroxylation sites is 1. The minimum absolute atomic E-state index is 0.301. The van der Waals surface area contributed by atoms with Crippen LogP contribution in [0.1, 0.15) is 12.5 Å². The average Bonchev–Trinajstić information content (AvgIpc) is 3.04. The van der Waals surface area contributed by atoms with Crippen molar-refractivity contribution in [3.8, 4) is 17.4 Å². The summed E-state index contributed by atoms with van der Waals surface area (Å²) in [5, 5.41) is 24.0. The SMILES string of the molecule is C[C@@H](O)CNCc1cccc(Oc2nnnn2-c2ccccc2)c1. The van der Waals surface area contributed by atoms with Crippen LogP contribution in [-0.2, 0) is 6.54 Å². The Balaban J connectivity index is 1.72. The van der Waals surface area contributed by atoms with Crippen LogP contribution in [0.25, 0.3) is 5.69 Å². The van der Waals surface area contributed by atoms with Gasteiger partial charge < -0.3 is 15.2 Å². The van der Waals surface area contributed by atoms with E-state index < -0.39 is 0 Å². The smallest absolute Gasteiger partial charge is 0.345 e. The second kappa shape index (κ2) is 7.67. The number of rotatable bonds is 7. The van der Waals surface area contributed by atoms with E-state index >= 15 is 0 Å². The third kappa shape index (κ3) is 4.15. The summed E-state index contributed by atoms with van der Waals surface area (Å²) in [4.78, 5) is 0. The van der Waals surface area contributed by atoms with Gasteiger partial charge in [-0.2, -0.15) is 4.68 Å². The third-order valence-electron chi connectivity index (χ3n) is 3.32. The molecule has 124 valence electrons. The fourth-order valence-electron chi connectivity index (χ4n) is 2.22. The van der Waals surface area contributed by atoms with Crippen LogP contribution in [0, 0.1) is 0 Å². The predicted octanol–water partition coefficient (Wildman–Crippen LogP) is 1.93. The first kappa shape index (κ1) is 16.1. The molecule has 2 aromatic carbocycles. The van der Waals surface area contributed by atoms with Gasteiger partial charge in [0.15, 0.2) is 0 Å². The first-order valence-electron chi connectivity index (χ1n) is 7.72. The van der Waals surface area contributed by atoms with Crippen molar-refractivity contribution in [3.63, 3.8) is 0 Å². The number of benzene rings is 2. The fraction of sp³-hybridized carbons (Fsp3) is 0.235. The van der Waals surface area contributed by atoms with E-state index in [1.54, 1.807) is 11.6 Å². The molecular weight excluding hydrogens is 306 g/mol. The topological polar surface area (TPSA) is 85.1 Å². The van der Waals surface area contributed by atoms with Crippen molar-refractivity contribution in [2.75, 3.05) is 6.54 Å². The molecule has 0 amide bonds. The second-order valence-electron chi connectivity index (χ2n) is 5.44. The molecule has 7 heteroatoms. The van der Waals surface area contributed by atoms with Gasteiger partial charge >= 0.3 is 6.01 Å². The molecule has 7 nitrogen and oxygen atoms in total. The molecule has 0 saturated carbocycles. The molecule has 0 bridgehead atoms. The molecule has 0 fully saturated rings. The summed E-state index contributed by atoms with van der Waals surface area (Å²) in [5.41, 5.74) is 1.87. The number of nitrogens with zero attached hydrogens (tertiary/aromatic N) is 4. The molecular formula is C17H19N5O2. The van der Waals surface area contributed by atoms with Crippen molar-refractivity contribution >= 4 is 0 Å². The zero-order valence-corrected chi connectivity index (χ0v) is 13.3. The highest BCUT2D eigenvalue weighted by atomic mass is 16.5. The van der Waals surface area contributed by atoms with E-state index in [-0.39, 0.29) is 6.10 Å². The van der Waals surface area contributed by atoms with Gasteiger partial charge in [0.1, 0.15) is 5.75 Å². The molecule has 1 aromatic heterocycles. The molecule has 0 spiro atoms. The number of hydrogen-bond donors (Lipinski definition) is 2. The highest BCUT2D eigenvalue weighted by Gasteiger charge is 2.10. The normalized spacial score (nSPS) is 12.1. The van der Waals surface area contributed by atoms with Crippen LogP contribution in [0.4, 0.5) is 0 Å². The quantitative estimate of drug-likeness (QED) is 0.690. The van der Waals surface area contributed by atoms with Gasteiger partial charge in [0.2, 0.25) is 0 Å². The van der Waals surface area contributed by atoms with E-state index in [0.717, 1.165) is 11.3 Å². The number of ether oxygens (including phenoxy) is 1. The predicted molar refractivity (Wildman–Crippen MR) is 89.1 cm³/mol. The van der Waals surface area contributed by atoms with E-state index in [1.807, 2.05) is 54.6 Å². The number of nitrogens with one attached hydrogen (secondary N) is 1. The molecule has 1 heterocycles. The maximum Gasteiger partial charge on any atom is 0.345 e. The van der Waals surface area contributed by atoms with Crippen LogP contribution in [0.5, 0.6) is 11.8 Å². The highest BCUT2D eigenvalue weighted by molar-refractivity contribution is 5.34. The van der Waals surface area contributed by atoms with Gasteiger partial charge in [-0.3, -0.25) is 0 Å². The summed E-state index contributed by atoms with van der Waals surface area (Å²) >= 11 is 0. The van der Waals surface area contributed by atoms with Gasteiger partial charge in [-0.1, -0.05) is 35.4 Å². The standard InChI is InChI=1S/C17H19N5O2/c1-13(23)11-18-12-14-6-5-9-16(10-14)24-17-19-20-21-22(17)15-7-3-2-4-8-15/h2-10,13,18,23H,11-12H2,1H3/t13-/m1/s1. The van der Waals surface area contributed by atoms with Crippen LogP contribution >= 0.6 is 0 Å². The molecule has 0 aliphatic rings. The zero-order valence-electron chi connectivity index (χ0n) is 13.3. The largest absolute Gasteiger partial charge is 0.423 e. The number of aliphatic hydroxyl groups is 1.